The van der Waals surface area contributed by atoms with E-state index < -0.39 is 6.61 Å². The van der Waals surface area contributed by atoms with Crippen molar-refractivity contribution >= 4 is 23.0 Å². The second kappa shape index (κ2) is 7.36. The number of thiocarbonyl (C=S) groups is 1. The molecular weight excluding hydrogens is 308 g/mol. The van der Waals surface area contributed by atoms with E-state index in [1.54, 1.807) is 12.1 Å². The van der Waals surface area contributed by atoms with E-state index in [1.807, 2.05) is 6.92 Å². The second-order valence-corrected chi connectivity index (χ2v) is 6.30. The summed E-state index contributed by atoms with van der Waals surface area (Å²) in [5.41, 5.74) is 0.515. The second-order valence-electron chi connectivity index (χ2n) is 5.89. The van der Waals surface area contributed by atoms with Crippen LogP contribution in [0.4, 0.5) is 14.5 Å². The molecule has 0 heterocycles. The molecule has 0 radical (unpaired) electrons. The topological polar surface area (TPSA) is 57.1 Å². The minimum absolute atomic E-state index is 0.0142. The largest absolute Gasteiger partial charge is 0.433 e. The number of alkyl halides is 2. The molecule has 1 aromatic rings. The molecule has 1 aromatic carbocycles. The van der Waals surface area contributed by atoms with E-state index in [9.17, 15) is 8.78 Å². The van der Waals surface area contributed by atoms with Crippen molar-refractivity contribution in [3.05, 3.63) is 23.8 Å². The first-order valence-corrected chi connectivity index (χ1v) is 7.10. The first-order chi connectivity index (χ1) is 10.1. The Morgan fingerprint density at radius 1 is 1.36 bits per heavy atom. The van der Waals surface area contributed by atoms with Crippen LogP contribution in [0.25, 0.3) is 0 Å². The highest BCUT2D eigenvalue weighted by molar-refractivity contribution is 7.80. The molecule has 0 fully saturated rings. The molecule has 0 aromatic heterocycles. The Hall–Kier alpha value is -1.94. The van der Waals surface area contributed by atoms with Gasteiger partial charge in [0.1, 0.15) is 11.8 Å². The number of hydrogen-bond acceptors (Lipinski definition) is 3. The summed E-state index contributed by atoms with van der Waals surface area (Å²) in [6.45, 7) is 5.22. The van der Waals surface area contributed by atoms with Gasteiger partial charge in [0.25, 0.3) is 0 Å². The third-order valence-corrected chi connectivity index (χ3v) is 3.44. The van der Waals surface area contributed by atoms with Crippen LogP contribution in [0.3, 0.4) is 0 Å². The Balaban J connectivity index is 2.82. The Kier molecular flexibility index (Phi) is 6.06. The highest BCUT2D eigenvalue weighted by Crippen LogP contribution is 2.25. The predicted octanol–water partition coefficient (Wildman–Crippen LogP) is 3.88. The Morgan fingerprint density at radius 3 is 2.50 bits per heavy atom. The molecule has 4 nitrogen and oxygen atoms in total. The maximum atomic E-state index is 12.3. The van der Waals surface area contributed by atoms with Crippen LogP contribution in [-0.2, 0) is 0 Å². The third kappa shape index (κ3) is 5.45. The van der Waals surface area contributed by atoms with E-state index in [1.165, 1.54) is 12.1 Å². The predicted molar refractivity (Wildman–Crippen MR) is 86.1 cm³/mol. The van der Waals surface area contributed by atoms with Crippen LogP contribution in [0.1, 0.15) is 33.3 Å². The molecule has 120 valence electrons. The minimum atomic E-state index is -2.99. The van der Waals surface area contributed by atoms with E-state index >= 15 is 0 Å². The summed E-state index contributed by atoms with van der Waals surface area (Å²) in [6, 6.07) is 6.21. The average molecular weight is 327 g/mol. The first-order valence-electron chi connectivity index (χ1n) is 6.70. The molecule has 0 aliphatic carbocycles. The summed E-state index contributed by atoms with van der Waals surface area (Å²) >= 11 is 5.20. The number of halogens is 2. The van der Waals surface area contributed by atoms with Gasteiger partial charge in [-0.3, -0.25) is 0 Å². The van der Waals surface area contributed by atoms with Crippen molar-refractivity contribution in [2.24, 2.45) is 5.41 Å². The van der Waals surface area contributed by atoms with Crippen LogP contribution in [0.5, 0.6) is 5.75 Å². The van der Waals surface area contributed by atoms with Gasteiger partial charge >= 0.3 is 6.61 Å². The van der Waals surface area contributed by atoms with Gasteiger partial charge < -0.3 is 15.4 Å². The van der Waals surface area contributed by atoms with Crippen molar-refractivity contribution in [1.82, 2.24) is 5.32 Å². The fourth-order valence-corrected chi connectivity index (χ4v) is 1.76. The molecule has 1 rings (SSSR count). The third-order valence-electron chi connectivity index (χ3n) is 3.22. The maximum Gasteiger partial charge on any atom is 0.387 e. The van der Waals surface area contributed by atoms with Gasteiger partial charge in [-0.1, -0.05) is 20.8 Å². The van der Waals surface area contributed by atoms with Crippen molar-refractivity contribution in [1.29, 1.82) is 5.26 Å². The summed E-state index contributed by atoms with van der Waals surface area (Å²) in [5.74, 6) is -0.186. The lowest BCUT2D eigenvalue weighted by Crippen LogP contribution is -2.43. The molecule has 7 heteroatoms. The van der Waals surface area contributed by atoms with Crippen LogP contribution < -0.4 is 15.4 Å². The van der Waals surface area contributed by atoms with Crippen molar-refractivity contribution in [3.8, 4) is 11.8 Å². The maximum absolute atomic E-state index is 12.3. The molecule has 0 saturated carbocycles. The van der Waals surface area contributed by atoms with Gasteiger partial charge in [-0.2, -0.15) is 14.0 Å². The number of rotatable bonds is 4. The molecule has 0 spiro atoms. The zero-order valence-corrected chi connectivity index (χ0v) is 13.7. The average Bonchev–Trinajstić information content (AvgIpc) is 2.37. The van der Waals surface area contributed by atoms with Gasteiger partial charge in [-0.05, 0) is 36.7 Å². The molecule has 0 bridgehead atoms. The van der Waals surface area contributed by atoms with E-state index in [-0.39, 0.29) is 22.8 Å². The highest BCUT2D eigenvalue weighted by atomic mass is 32.1. The van der Waals surface area contributed by atoms with Crippen LogP contribution in [0.2, 0.25) is 0 Å². The number of nitriles is 1. The van der Waals surface area contributed by atoms with Gasteiger partial charge in [0.15, 0.2) is 5.11 Å². The summed E-state index contributed by atoms with van der Waals surface area (Å²) in [4.78, 5) is 0. The van der Waals surface area contributed by atoms with E-state index in [0.29, 0.717) is 10.8 Å². The van der Waals surface area contributed by atoms with E-state index in [4.69, 9.17) is 17.5 Å². The smallest absolute Gasteiger partial charge is 0.387 e. The number of hydrogen-bond donors (Lipinski definition) is 2. The summed E-state index contributed by atoms with van der Waals surface area (Å²) in [5, 5.41) is 15.3. The Bertz CT molecular complexity index is 579. The van der Waals surface area contributed by atoms with Crippen LogP contribution >= 0.6 is 12.2 Å². The summed E-state index contributed by atoms with van der Waals surface area (Å²) in [6.07, 6.45) is 0. The monoisotopic (exact) mass is 327 g/mol. The number of nitrogens with one attached hydrogen (secondary N) is 2. The van der Waals surface area contributed by atoms with Crippen molar-refractivity contribution in [2.45, 2.75) is 40.3 Å². The standard InChI is InChI=1S/C15H19F2N3OS/c1-9(15(2,3)4)19-14(22)20-11-6-5-10(8-18)12(7-11)21-13(16)17/h5-7,9,13H,1-4H3,(H2,19,20,22)/t9-/m1/s1. The lowest BCUT2D eigenvalue weighted by molar-refractivity contribution is -0.0499. The van der Waals surface area contributed by atoms with Crippen LogP contribution in [-0.4, -0.2) is 17.8 Å². The highest BCUT2D eigenvalue weighted by Gasteiger charge is 2.20. The molecule has 0 aliphatic rings. The summed E-state index contributed by atoms with van der Waals surface area (Å²) in [7, 11) is 0. The van der Waals surface area contributed by atoms with Gasteiger partial charge in [-0.15, -0.1) is 0 Å². The van der Waals surface area contributed by atoms with Crippen molar-refractivity contribution in [2.75, 3.05) is 5.32 Å². The number of ether oxygens (including phenoxy) is 1. The Morgan fingerprint density at radius 2 is 2.00 bits per heavy atom. The minimum Gasteiger partial charge on any atom is -0.433 e. The number of benzene rings is 1. The molecule has 0 saturated heterocycles. The van der Waals surface area contributed by atoms with Gasteiger partial charge in [-0.25, -0.2) is 0 Å². The molecular formula is C15H19F2N3OS. The summed E-state index contributed by atoms with van der Waals surface area (Å²) < 4.78 is 29.0. The molecule has 0 amide bonds. The molecule has 1 atom stereocenters. The van der Waals surface area contributed by atoms with Gasteiger partial charge in [0, 0.05) is 17.8 Å². The normalized spacial score (nSPS) is 12.5. The quantitative estimate of drug-likeness (QED) is 0.822. The number of anilines is 1. The fourth-order valence-electron chi connectivity index (χ4n) is 1.47. The SMILES string of the molecule is C[C@@H](NC(=S)Nc1ccc(C#N)c(OC(F)F)c1)C(C)(C)C. The van der Waals surface area contributed by atoms with Crippen LogP contribution in [0, 0.1) is 16.7 Å². The van der Waals surface area contributed by atoms with E-state index in [2.05, 4.69) is 36.1 Å². The van der Waals surface area contributed by atoms with Gasteiger partial charge in [0.05, 0.1) is 5.56 Å². The van der Waals surface area contributed by atoms with Crippen molar-refractivity contribution < 1.29 is 13.5 Å². The zero-order chi connectivity index (χ0) is 16.9. The van der Waals surface area contributed by atoms with Gasteiger partial charge in [0.2, 0.25) is 0 Å². The molecule has 0 aliphatic heterocycles. The molecule has 22 heavy (non-hydrogen) atoms. The first kappa shape index (κ1) is 18.1. The lowest BCUT2D eigenvalue weighted by Gasteiger charge is -2.29. The van der Waals surface area contributed by atoms with Crippen LogP contribution in [0.15, 0.2) is 18.2 Å². The van der Waals surface area contributed by atoms with Crippen molar-refractivity contribution in [3.63, 3.8) is 0 Å². The fraction of sp³-hybridized carbons (Fsp3) is 0.467. The number of nitrogens with zero attached hydrogens (tertiary/aromatic N) is 1. The zero-order valence-electron chi connectivity index (χ0n) is 12.9. The molecule has 0 unspecified atom stereocenters. The molecule has 2 N–H and O–H groups in total. The van der Waals surface area contributed by atoms with E-state index in [0.717, 1.165) is 0 Å². The Labute approximate surface area is 134 Å². The lowest BCUT2D eigenvalue weighted by atomic mass is 9.88.